The molecule has 2 unspecified atom stereocenters. The molecule has 0 heterocycles. The van der Waals surface area contributed by atoms with Crippen molar-refractivity contribution in [1.29, 1.82) is 0 Å². The largest absolute Gasteiger partial charge is 0.390 e. The molecule has 0 radical (unpaired) electrons. The minimum Gasteiger partial charge on any atom is -0.390 e. The summed E-state index contributed by atoms with van der Waals surface area (Å²) in [6, 6.07) is 0. The molecule has 1 N–H and O–H groups in total. The van der Waals surface area contributed by atoms with E-state index >= 15 is 0 Å². The molecular weight excluding hydrogens is 152 g/mol. The number of aliphatic hydroxyl groups excluding tert-OH is 1. The summed E-state index contributed by atoms with van der Waals surface area (Å²) in [4.78, 5) is 0. The van der Waals surface area contributed by atoms with Crippen molar-refractivity contribution in [3.8, 4) is 0 Å². The van der Waals surface area contributed by atoms with Gasteiger partial charge in [-0.15, -0.1) is 0 Å². The molecule has 0 aliphatic heterocycles. The van der Waals surface area contributed by atoms with E-state index in [1.807, 2.05) is 0 Å². The van der Waals surface area contributed by atoms with Crippen molar-refractivity contribution in [1.82, 2.24) is 0 Å². The van der Waals surface area contributed by atoms with Crippen molar-refractivity contribution in [2.45, 2.75) is 57.7 Å². The third kappa shape index (κ3) is 3.11. The Kier molecular flexibility index (Phi) is 4.62. The SMILES string of the molecule is CCCCOC1CCCCC1O. The van der Waals surface area contributed by atoms with Gasteiger partial charge in [0.1, 0.15) is 0 Å². The van der Waals surface area contributed by atoms with Crippen LogP contribution in [0.1, 0.15) is 45.4 Å². The standard InChI is InChI=1S/C10H20O2/c1-2-3-8-12-10-7-5-4-6-9(10)11/h9-11H,2-8H2,1H3. The van der Waals surface area contributed by atoms with Gasteiger partial charge in [0.2, 0.25) is 0 Å². The van der Waals surface area contributed by atoms with Crippen molar-refractivity contribution < 1.29 is 9.84 Å². The zero-order valence-electron chi connectivity index (χ0n) is 7.96. The number of rotatable bonds is 4. The third-order valence-electron chi connectivity index (χ3n) is 2.50. The molecule has 1 aliphatic rings. The van der Waals surface area contributed by atoms with Gasteiger partial charge < -0.3 is 9.84 Å². The predicted molar refractivity (Wildman–Crippen MR) is 49.1 cm³/mol. The minimum absolute atomic E-state index is 0.130. The molecule has 2 heteroatoms. The summed E-state index contributed by atoms with van der Waals surface area (Å²) in [5, 5.41) is 9.54. The Morgan fingerprint density at radius 3 is 2.75 bits per heavy atom. The molecule has 0 spiro atoms. The van der Waals surface area contributed by atoms with Crippen LogP contribution in [0.5, 0.6) is 0 Å². The fourth-order valence-corrected chi connectivity index (χ4v) is 1.65. The second-order valence-corrected chi connectivity index (χ2v) is 3.61. The van der Waals surface area contributed by atoms with E-state index in [4.69, 9.17) is 4.74 Å². The quantitative estimate of drug-likeness (QED) is 0.658. The van der Waals surface area contributed by atoms with Crippen molar-refractivity contribution >= 4 is 0 Å². The Morgan fingerprint density at radius 1 is 1.33 bits per heavy atom. The summed E-state index contributed by atoms with van der Waals surface area (Å²) in [5.74, 6) is 0. The van der Waals surface area contributed by atoms with Crippen LogP contribution in [0.3, 0.4) is 0 Å². The second kappa shape index (κ2) is 5.55. The van der Waals surface area contributed by atoms with Crippen LogP contribution in [0.25, 0.3) is 0 Å². The Bertz CT molecular complexity index is 114. The summed E-state index contributed by atoms with van der Waals surface area (Å²) < 4.78 is 5.59. The van der Waals surface area contributed by atoms with E-state index in [9.17, 15) is 5.11 Å². The Hall–Kier alpha value is -0.0800. The molecule has 0 amide bonds. The van der Waals surface area contributed by atoms with Gasteiger partial charge >= 0.3 is 0 Å². The van der Waals surface area contributed by atoms with E-state index in [1.54, 1.807) is 0 Å². The lowest BCUT2D eigenvalue weighted by Crippen LogP contribution is -2.32. The van der Waals surface area contributed by atoms with E-state index < -0.39 is 0 Å². The maximum Gasteiger partial charge on any atom is 0.0833 e. The lowest BCUT2D eigenvalue weighted by molar-refractivity contribution is -0.0592. The predicted octanol–water partition coefficient (Wildman–Crippen LogP) is 2.11. The highest BCUT2D eigenvalue weighted by molar-refractivity contribution is 4.74. The average molecular weight is 172 g/mol. The zero-order valence-corrected chi connectivity index (χ0v) is 7.96. The van der Waals surface area contributed by atoms with Gasteiger partial charge in [-0.3, -0.25) is 0 Å². The highest BCUT2D eigenvalue weighted by Crippen LogP contribution is 2.21. The molecule has 12 heavy (non-hydrogen) atoms. The first-order valence-electron chi connectivity index (χ1n) is 5.14. The molecule has 1 aliphatic carbocycles. The number of hydrogen-bond acceptors (Lipinski definition) is 2. The van der Waals surface area contributed by atoms with Crippen LogP contribution in [0, 0.1) is 0 Å². The van der Waals surface area contributed by atoms with Gasteiger partial charge in [0.05, 0.1) is 12.2 Å². The number of aliphatic hydroxyl groups is 1. The maximum atomic E-state index is 9.54. The molecule has 0 saturated heterocycles. The first-order chi connectivity index (χ1) is 5.84. The highest BCUT2D eigenvalue weighted by Gasteiger charge is 2.22. The molecule has 72 valence electrons. The number of unbranched alkanes of at least 4 members (excludes halogenated alkanes) is 1. The van der Waals surface area contributed by atoms with Crippen LogP contribution in [-0.4, -0.2) is 23.9 Å². The molecule has 0 aromatic rings. The lowest BCUT2D eigenvalue weighted by Gasteiger charge is -2.27. The molecule has 2 nitrogen and oxygen atoms in total. The van der Waals surface area contributed by atoms with Crippen molar-refractivity contribution in [3.63, 3.8) is 0 Å². The molecular formula is C10H20O2. The fourth-order valence-electron chi connectivity index (χ4n) is 1.65. The molecule has 0 bridgehead atoms. The Morgan fingerprint density at radius 2 is 2.08 bits per heavy atom. The summed E-state index contributed by atoms with van der Waals surface area (Å²) in [7, 11) is 0. The smallest absolute Gasteiger partial charge is 0.0833 e. The summed E-state index contributed by atoms with van der Waals surface area (Å²) in [5.41, 5.74) is 0. The Labute approximate surface area is 74.9 Å². The van der Waals surface area contributed by atoms with Crippen molar-refractivity contribution in [2.24, 2.45) is 0 Å². The van der Waals surface area contributed by atoms with Gasteiger partial charge in [0.25, 0.3) is 0 Å². The number of hydrogen-bond donors (Lipinski definition) is 1. The van der Waals surface area contributed by atoms with E-state index in [0.29, 0.717) is 0 Å². The monoisotopic (exact) mass is 172 g/mol. The van der Waals surface area contributed by atoms with E-state index in [2.05, 4.69) is 6.92 Å². The minimum atomic E-state index is -0.199. The van der Waals surface area contributed by atoms with Crippen LogP contribution in [0.15, 0.2) is 0 Å². The zero-order chi connectivity index (χ0) is 8.81. The van der Waals surface area contributed by atoms with E-state index in [0.717, 1.165) is 32.3 Å². The molecule has 0 aromatic carbocycles. The summed E-state index contributed by atoms with van der Waals surface area (Å²) >= 11 is 0. The highest BCUT2D eigenvalue weighted by atomic mass is 16.5. The summed E-state index contributed by atoms with van der Waals surface area (Å²) in [6.45, 7) is 2.97. The normalized spacial score (nSPS) is 30.5. The van der Waals surface area contributed by atoms with Crippen LogP contribution in [0.4, 0.5) is 0 Å². The summed E-state index contributed by atoms with van der Waals surface area (Å²) in [6.07, 6.45) is 6.57. The maximum absolute atomic E-state index is 9.54. The van der Waals surface area contributed by atoms with Crippen LogP contribution in [-0.2, 0) is 4.74 Å². The molecule has 1 saturated carbocycles. The van der Waals surface area contributed by atoms with Gasteiger partial charge in [0, 0.05) is 6.61 Å². The first kappa shape index (κ1) is 10.0. The molecule has 2 atom stereocenters. The van der Waals surface area contributed by atoms with Gasteiger partial charge in [0.15, 0.2) is 0 Å². The topological polar surface area (TPSA) is 29.5 Å². The van der Waals surface area contributed by atoms with Gasteiger partial charge in [-0.2, -0.15) is 0 Å². The lowest BCUT2D eigenvalue weighted by atomic mass is 9.95. The first-order valence-corrected chi connectivity index (χ1v) is 5.14. The average Bonchev–Trinajstić information content (AvgIpc) is 2.09. The Balaban J connectivity index is 2.11. The van der Waals surface area contributed by atoms with Crippen LogP contribution >= 0.6 is 0 Å². The van der Waals surface area contributed by atoms with Gasteiger partial charge in [-0.25, -0.2) is 0 Å². The van der Waals surface area contributed by atoms with Gasteiger partial charge in [-0.1, -0.05) is 26.2 Å². The van der Waals surface area contributed by atoms with Crippen molar-refractivity contribution in [2.75, 3.05) is 6.61 Å². The fraction of sp³-hybridized carbons (Fsp3) is 1.00. The van der Waals surface area contributed by atoms with Crippen LogP contribution < -0.4 is 0 Å². The van der Waals surface area contributed by atoms with Crippen molar-refractivity contribution in [3.05, 3.63) is 0 Å². The third-order valence-corrected chi connectivity index (χ3v) is 2.50. The van der Waals surface area contributed by atoms with E-state index in [1.165, 1.54) is 12.8 Å². The van der Waals surface area contributed by atoms with Crippen LogP contribution in [0.2, 0.25) is 0 Å². The molecule has 1 fully saturated rings. The second-order valence-electron chi connectivity index (χ2n) is 3.61. The van der Waals surface area contributed by atoms with E-state index in [-0.39, 0.29) is 12.2 Å². The molecule has 1 rings (SSSR count). The number of ether oxygens (including phenoxy) is 1. The molecule has 0 aromatic heterocycles. The van der Waals surface area contributed by atoms with Gasteiger partial charge in [-0.05, 0) is 19.3 Å².